The van der Waals surface area contributed by atoms with Gasteiger partial charge in [0, 0.05) is 30.0 Å². The van der Waals surface area contributed by atoms with Crippen molar-refractivity contribution in [3.05, 3.63) is 28.5 Å². The second-order valence-corrected chi connectivity index (χ2v) is 6.37. The molecule has 1 aliphatic rings. The van der Waals surface area contributed by atoms with Crippen LogP contribution < -0.4 is 9.64 Å². The molecule has 3 rings (SSSR count). The molecule has 22 heavy (non-hydrogen) atoms. The molecule has 0 N–H and O–H groups in total. The second-order valence-electron chi connectivity index (χ2n) is 5.48. The van der Waals surface area contributed by atoms with Crippen LogP contribution in [0.15, 0.2) is 17.8 Å². The van der Waals surface area contributed by atoms with E-state index in [2.05, 4.69) is 19.9 Å². The van der Waals surface area contributed by atoms with E-state index in [1.807, 2.05) is 26.2 Å². The molecule has 0 aromatic carbocycles. The Bertz CT molecular complexity index is 632. The molecule has 0 spiro atoms. The van der Waals surface area contributed by atoms with Crippen LogP contribution >= 0.6 is 11.3 Å². The maximum Gasteiger partial charge on any atom is 0.257 e. The highest BCUT2D eigenvalue weighted by Crippen LogP contribution is 2.30. The van der Waals surface area contributed by atoms with Crippen LogP contribution in [0.25, 0.3) is 0 Å². The van der Waals surface area contributed by atoms with Crippen LogP contribution in [0.2, 0.25) is 0 Å². The molecule has 2 aromatic heterocycles. The number of hydrogen-bond acceptors (Lipinski definition) is 7. The van der Waals surface area contributed by atoms with E-state index >= 15 is 0 Å². The summed E-state index contributed by atoms with van der Waals surface area (Å²) in [6.07, 6.45) is 3.39. The quantitative estimate of drug-likeness (QED) is 0.863. The first-order valence-electron chi connectivity index (χ1n) is 7.39. The standard InChI is InChI=1S/C15H20N4O2S/c1-10(2)21-14-13(16-4-5-17-14)19-6-7-20-12(8-19)15-18-11(3)9-22-15/h4-5,9-10,12H,6-8H2,1-3H3. The Kier molecular flexibility index (Phi) is 4.54. The van der Waals surface area contributed by atoms with E-state index in [9.17, 15) is 0 Å². The lowest BCUT2D eigenvalue weighted by Gasteiger charge is -2.33. The summed E-state index contributed by atoms with van der Waals surface area (Å²) in [5.41, 5.74) is 1.03. The molecule has 1 atom stereocenters. The summed E-state index contributed by atoms with van der Waals surface area (Å²) < 4.78 is 11.6. The topological polar surface area (TPSA) is 60.4 Å². The first-order chi connectivity index (χ1) is 10.6. The average Bonchev–Trinajstić information content (AvgIpc) is 2.94. The van der Waals surface area contributed by atoms with E-state index in [4.69, 9.17) is 9.47 Å². The second kappa shape index (κ2) is 6.58. The minimum absolute atomic E-state index is 0.0265. The minimum atomic E-state index is -0.0265. The van der Waals surface area contributed by atoms with Gasteiger partial charge in [0.25, 0.3) is 5.88 Å². The van der Waals surface area contributed by atoms with Crippen LogP contribution in [0.1, 0.15) is 30.7 Å². The Labute approximate surface area is 134 Å². The summed E-state index contributed by atoms with van der Waals surface area (Å²) in [7, 11) is 0. The first kappa shape index (κ1) is 15.2. The van der Waals surface area contributed by atoms with Gasteiger partial charge in [-0.2, -0.15) is 0 Å². The van der Waals surface area contributed by atoms with Crippen LogP contribution in [-0.4, -0.2) is 40.8 Å². The van der Waals surface area contributed by atoms with Gasteiger partial charge >= 0.3 is 0 Å². The highest BCUT2D eigenvalue weighted by Gasteiger charge is 2.27. The summed E-state index contributed by atoms with van der Waals surface area (Å²) in [6, 6.07) is 0. The number of morpholine rings is 1. The Morgan fingerprint density at radius 1 is 1.36 bits per heavy atom. The van der Waals surface area contributed by atoms with Gasteiger partial charge < -0.3 is 14.4 Å². The van der Waals surface area contributed by atoms with E-state index in [1.165, 1.54) is 0 Å². The lowest BCUT2D eigenvalue weighted by atomic mass is 10.3. The third kappa shape index (κ3) is 3.36. The molecule has 0 bridgehead atoms. The van der Waals surface area contributed by atoms with E-state index in [-0.39, 0.29) is 12.2 Å². The maximum atomic E-state index is 5.87. The van der Waals surface area contributed by atoms with E-state index in [0.717, 1.165) is 23.1 Å². The van der Waals surface area contributed by atoms with Crippen molar-refractivity contribution in [1.29, 1.82) is 0 Å². The maximum absolute atomic E-state index is 5.87. The summed E-state index contributed by atoms with van der Waals surface area (Å²) in [6.45, 7) is 8.09. The largest absolute Gasteiger partial charge is 0.472 e. The van der Waals surface area contributed by atoms with Gasteiger partial charge in [-0.05, 0) is 20.8 Å². The fourth-order valence-corrected chi connectivity index (χ4v) is 3.19. The van der Waals surface area contributed by atoms with Crippen molar-refractivity contribution in [3.8, 4) is 5.88 Å². The zero-order chi connectivity index (χ0) is 15.5. The van der Waals surface area contributed by atoms with E-state index in [0.29, 0.717) is 19.0 Å². The number of rotatable bonds is 4. The lowest BCUT2D eigenvalue weighted by Crippen LogP contribution is -2.39. The molecule has 0 saturated carbocycles. The van der Waals surface area contributed by atoms with Crippen molar-refractivity contribution >= 4 is 17.2 Å². The van der Waals surface area contributed by atoms with Crippen LogP contribution in [0.4, 0.5) is 5.82 Å². The van der Waals surface area contributed by atoms with Gasteiger partial charge in [0.1, 0.15) is 11.1 Å². The SMILES string of the molecule is Cc1csc(C2CN(c3nccnc3OC(C)C)CCO2)n1. The zero-order valence-corrected chi connectivity index (χ0v) is 13.8. The van der Waals surface area contributed by atoms with Gasteiger partial charge in [0.2, 0.25) is 0 Å². The van der Waals surface area contributed by atoms with Crippen molar-refractivity contribution in [2.75, 3.05) is 24.6 Å². The molecule has 0 aliphatic carbocycles. The highest BCUT2D eigenvalue weighted by atomic mass is 32.1. The first-order valence-corrected chi connectivity index (χ1v) is 8.27. The van der Waals surface area contributed by atoms with Gasteiger partial charge in [-0.3, -0.25) is 0 Å². The fourth-order valence-electron chi connectivity index (χ4n) is 2.35. The zero-order valence-electron chi connectivity index (χ0n) is 13.0. The van der Waals surface area contributed by atoms with Gasteiger partial charge in [-0.1, -0.05) is 0 Å². The molecule has 1 aliphatic heterocycles. The number of thiazole rings is 1. The Morgan fingerprint density at radius 2 is 2.18 bits per heavy atom. The van der Waals surface area contributed by atoms with Crippen molar-refractivity contribution in [3.63, 3.8) is 0 Å². The lowest BCUT2D eigenvalue weighted by molar-refractivity contribution is 0.0390. The van der Waals surface area contributed by atoms with Gasteiger partial charge in [-0.25, -0.2) is 15.0 Å². The predicted octanol–water partition coefficient (Wildman–Crippen LogP) is 2.61. The van der Waals surface area contributed by atoms with Gasteiger partial charge in [0.15, 0.2) is 5.82 Å². The predicted molar refractivity (Wildman–Crippen MR) is 85.6 cm³/mol. The molecule has 0 radical (unpaired) electrons. The summed E-state index contributed by atoms with van der Waals surface area (Å²) in [4.78, 5) is 15.5. The summed E-state index contributed by atoms with van der Waals surface area (Å²) >= 11 is 1.64. The third-order valence-electron chi connectivity index (χ3n) is 3.27. The normalized spacial score (nSPS) is 18.7. The van der Waals surface area contributed by atoms with Crippen molar-refractivity contribution in [1.82, 2.24) is 15.0 Å². The van der Waals surface area contributed by atoms with Gasteiger partial charge in [-0.15, -0.1) is 11.3 Å². The van der Waals surface area contributed by atoms with E-state index in [1.54, 1.807) is 23.7 Å². The number of ether oxygens (including phenoxy) is 2. The molecule has 0 amide bonds. The number of nitrogens with zero attached hydrogens (tertiary/aromatic N) is 4. The minimum Gasteiger partial charge on any atom is -0.472 e. The van der Waals surface area contributed by atoms with E-state index < -0.39 is 0 Å². The Hall–Kier alpha value is -1.73. The monoisotopic (exact) mass is 320 g/mol. The van der Waals surface area contributed by atoms with Crippen LogP contribution in [0.5, 0.6) is 5.88 Å². The molecule has 6 nitrogen and oxygen atoms in total. The average molecular weight is 320 g/mol. The van der Waals surface area contributed by atoms with Crippen molar-refractivity contribution in [2.24, 2.45) is 0 Å². The van der Waals surface area contributed by atoms with Crippen LogP contribution in [-0.2, 0) is 4.74 Å². The molecular weight excluding hydrogens is 300 g/mol. The molecule has 2 aromatic rings. The highest BCUT2D eigenvalue weighted by molar-refractivity contribution is 7.09. The number of anilines is 1. The molecular formula is C15H20N4O2S. The molecule has 7 heteroatoms. The van der Waals surface area contributed by atoms with Crippen LogP contribution in [0.3, 0.4) is 0 Å². The number of aromatic nitrogens is 3. The number of aryl methyl sites for hydroxylation is 1. The third-order valence-corrected chi connectivity index (χ3v) is 4.33. The molecule has 1 saturated heterocycles. The molecule has 1 unspecified atom stereocenters. The molecule has 118 valence electrons. The Balaban J connectivity index is 1.80. The molecule has 1 fully saturated rings. The van der Waals surface area contributed by atoms with Gasteiger partial charge in [0.05, 0.1) is 19.3 Å². The van der Waals surface area contributed by atoms with Crippen molar-refractivity contribution in [2.45, 2.75) is 33.0 Å². The smallest absolute Gasteiger partial charge is 0.257 e. The summed E-state index contributed by atoms with van der Waals surface area (Å²) in [5.74, 6) is 1.35. The molecule has 3 heterocycles. The van der Waals surface area contributed by atoms with Crippen molar-refractivity contribution < 1.29 is 9.47 Å². The fraction of sp³-hybridized carbons (Fsp3) is 0.533. The Morgan fingerprint density at radius 3 is 2.91 bits per heavy atom. The van der Waals surface area contributed by atoms with Crippen LogP contribution in [0, 0.1) is 6.92 Å². The number of hydrogen-bond donors (Lipinski definition) is 0. The summed E-state index contributed by atoms with van der Waals surface area (Å²) in [5, 5.41) is 3.06.